The first-order valence-electron chi connectivity index (χ1n) is 12.8. The first-order chi connectivity index (χ1) is 15.5. The van der Waals surface area contributed by atoms with E-state index < -0.39 is 5.79 Å². The van der Waals surface area contributed by atoms with Crippen LogP contribution in [0.25, 0.3) is 0 Å². The monoisotopic (exact) mass is 448 g/mol. The molecule has 1 heterocycles. The third-order valence-electron chi connectivity index (χ3n) is 6.51. The molecule has 1 fully saturated rings. The average molecular weight is 449 g/mol. The lowest BCUT2D eigenvalue weighted by Gasteiger charge is -2.29. The van der Waals surface area contributed by atoms with Crippen LogP contribution in [0.15, 0.2) is 24.3 Å². The van der Waals surface area contributed by atoms with Crippen molar-refractivity contribution in [2.75, 3.05) is 19.8 Å². The smallest absolute Gasteiger partial charge is 0.308 e. The van der Waals surface area contributed by atoms with Crippen molar-refractivity contribution in [1.82, 2.24) is 0 Å². The fraction of sp³-hybridized carbons (Fsp3) is 0.778. The molecule has 5 nitrogen and oxygen atoms in total. The Kier molecular flexibility index (Phi) is 12.3. The van der Waals surface area contributed by atoms with E-state index in [1.165, 1.54) is 25.7 Å². The van der Waals surface area contributed by atoms with Gasteiger partial charge < -0.3 is 14.2 Å². The van der Waals surface area contributed by atoms with E-state index in [9.17, 15) is 9.59 Å². The Morgan fingerprint density at radius 3 is 2.59 bits per heavy atom. The van der Waals surface area contributed by atoms with E-state index in [1.807, 2.05) is 13.8 Å². The van der Waals surface area contributed by atoms with E-state index in [0.717, 1.165) is 44.9 Å². The van der Waals surface area contributed by atoms with Crippen LogP contribution >= 0.6 is 0 Å². The van der Waals surface area contributed by atoms with Gasteiger partial charge in [0, 0.05) is 18.8 Å². The van der Waals surface area contributed by atoms with Crippen LogP contribution in [0.4, 0.5) is 0 Å². The van der Waals surface area contributed by atoms with Gasteiger partial charge in [-0.1, -0.05) is 64.7 Å². The molecule has 1 aliphatic carbocycles. The van der Waals surface area contributed by atoms with Crippen LogP contribution < -0.4 is 0 Å². The Hall–Kier alpha value is -1.46. The molecule has 1 saturated heterocycles. The Balaban J connectivity index is 1.71. The number of hydrogen-bond acceptors (Lipinski definition) is 5. The van der Waals surface area contributed by atoms with Crippen LogP contribution in [0, 0.1) is 17.8 Å². The summed E-state index contributed by atoms with van der Waals surface area (Å²) >= 11 is 0. The van der Waals surface area contributed by atoms with Crippen LogP contribution in [-0.2, 0) is 23.8 Å². The molecule has 0 aromatic rings. The maximum absolute atomic E-state index is 12.4. The molecule has 32 heavy (non-hydrogen) atoms. The molecule has 0 N–H and O–H groups in total. The standard InChI is InChI=1S/C27H44O5/c1-4-5-6-8-11-17-27(31-20-21-32-27)18-16-23-14-15-25(28)24(23)13-10-7-9-12-19-30-26(29)22(2)3/h7,10,14-15,22-24H,4-6,8-9,11-13,16-21H2,1-3H3/b10-7-/t23-,24-/m1/s1. The van der Waals surface area contributed by atoms with Gasteiger partial charge in [-0.2, -0.15) is 0 Å². The van der Waals surface area contributed by atoms with Crippen LogP contribution in [0.2, 0.25) is 0 Å². The summed E-state index contributed by atoms with van der Waals surface area (Å²) in [6, 6.07) is 0. The zero-order valence-corrected chi connectivity index (χ0v) is 20.5. The summed E-state index contributed by atoms with van der Waals surface area (Å²) in [6.07, 6.45) is 19.4. The average Bonchev–Trinajstić information content (AvgIpc) is 3.38. The number of unbranched alkanes of at least 4 members (excludes halogenated alkanes) is 5. The predicted octanol–water partition coefficient (Wildman–Crippen LogP) is 6.17. The van der Waals surface area contributed by atoms with Crippen LogP contribution in [0.3, 0.4) is 0 Å². The molecule has 182 valence electrons. The second-order valence-corrected chi connectivity index (χ2v) is 9.51. The quantitative estimate of drug-likeness (QED) is 0.161. The van der Waals surface area contributed by atoms with Crippen LogP contribution in [0.1, 0.15) is 91.4 Å². The highest BCUT2D eigenvalue weighted by molar-refractivity contribution is 5.94. The highest BCUT2D eigenvalue weighted by Crippen LogP contribution is 2.36. The van der Waals surface area contributed by atoms with E-state index in [1.54, 1.807) is 6.08 Å². The second-order valence-electron chi connectivity index (χ2n) is 9.51. The van der Waals surface area contributed by atoms with Crippen molar-refractivity contribution in [1.29, 1.82) is 0 Å². The fourth-order valence-electron chi connectivity index (χ4n) is 4.47. The Morgan fingerprint density at radius 1 is 1.12 bits per heavy atom. The molecule has 2 atom stereocenters. The summed E-state index contributed by atoms with van der Waals surface area (Å²) in [6.45, 7) is 7.71. The second kappa shape index (κ2) is 14.6. The number of carbonyl (C=O) groups excluding carboxylic acids is 2. The van der Waals surface area contributed by atoms with Gasteiger partial charge in [0.1, 0.15) is 0 Å². The summed E-state index contributed by atoms with van der Waals surface area (Å²) in [5.41, 5.74) is 0. The van der Waals surface area contributed by atoms with Gasteiger partial charge >= 0.3 is 5.97 Å². The topological polar surface area (TPSA) is 61.8 Å². The largest absolute Gasteiger partial charge is 0.465 e. The summed E-state index contributed by atoms with van der Waals surface area (Å²) in [7, 11) is 0. The molecule has 0 radical (unpaired) electrons. The van der Waals surface area contributed by atoms with E-state index >= 15 is 0 Å². The minimum absolute atomic E-state index is 0.0213. The fourth-order valence-corrected chi connectivity index (χ4v) is 4.47. The maximum atomic E-state index is 12.4. The lowest BCUT2D eigenvalue weighted by atomic mass is 9.86. The highest BCUT2D eigenvalue weighted by Gasteiger charge is 2.38. The number of esters is 1. The molecule has 0 aromatic carbocycles. The lowest BCUT2D eigenvalue weighted by molar-refractivity contribution is -0.170. The summed E-state index contributed by atoms with van der Waals surface area (Å²) in [5, 5.41) is 0. The number of carbonyl (C=O) groups is 2. The molecule has 0 bridgehead atoms. The molecular formula is C27H44O5. The van der Waals surface area contributed by atoms with Gasteiger partial charge in [0.15, 0.2) is 11.6 Å². The molecule has 1 aliphatic heterocycles. The summed E-state index contributed by atoms with van der Waals surface area (Å²) < 4.78 is 17.3. The number of hydrogen-bond donors (Lipinski definition) is 0. The Bertz CT molecular complexity index is 616. The van der Waals surface area contributed by atoms with Gasteiger partial charge in [0.25, 0.3) is 0 Å². The minimum Gasteiger partial charge on any atom is -0.465 e. The van der Waals surface area contributed by atoms with Crippen molar-refractivity contribution in [3.8, 4) is 0 Å². The van der Waals surface area contributed by atoms with Gasteiger partial charge in [-0.3, -0.25) is 9.59 Å². The molecule has 0 spiro atoms. The Labute approximate surface area is 195 Å². The van der Waals surface area contributed by atoms with E-state index in [2.05, 4.69) is 25.2 Å². The minimum atomic E-state index is -0.445. The van der Waals surface area contributed by atoms with Crippen molar-refractivity contribution in [3.05, 3.63) is 24.3 Å². The van der Waals surface area contributed by atoms with Gasteiger partial charge in [-0.05, 0) is 44.1 Å². The Morgan fingerprint density at radius 2 is 1.88 bits per heavy atom. The third-order valence-corrected chi connectivity index (χ3v) is 6.51. The van der Waals surface area contributed by atoms with Gasteiger partial charge in [0.2, 0.25) is 0 Å². The normalized spacial score (nSPS) is 22.4. The number of ether oxygens (including phenoxy) is 3. The first-order valence-corrected chi connectivity index (χ1v) is 12.8. The molecule has 0 amide bonds. The van der Waals surface area contributed by atoms with Crippen molar-refractivity contribution in [2.24, 2.45) is 17.8 Å². The van der Waals surface area contributed by atoms with Crippen molar-refractivity contribution in [2.45, 2.75) is 97.2 Å². The molecule has 0 saturated carbocycles. The summed E-state index contributed by atoms with van der Waals surface area (Å²) in [4.78, 5) is 23.9. The van der Waals surface area contributed by atoms with Crippen LogP contribution in [0.5, 0.6) is 0 Å². The van der Waals surface area contributed by atoms with E-state index in [4.69, 9.17) is 14.2 Å². The predicted molar refractivity (Wildman–Crippen MR) is 127 cm³/mol. The van der Waals surface area contributed by atoms with Gasteiger partial charge in [0.05, 0.1) is 25.7 Å². The van der Waals surface area contributed by atoms with Crippen molar-refractivity contribution < 1.29 is 23.8 Å². The number of ketones is 1. The summed E-state index contributed by atoms with van der Waals surface area (Å²) in [5.74, 6) is -0.166. The zero-order chi connectivity index (χ0) is 23.2. The first kappa shape index (κ1) is 26.8. The van der Waals surface area contributed by atoms with Gasteiger partial charge in [-0.15, -0.1) is 0 Å². The molecule has 2 aliphatic rings. The van der Waals surface area contributed by atoms with E-state index in [-0.39, 0.29) is 29.5 Å². The van der Waals surface area contributed by atoms with E-state index in [0.29, 0.717) is 19.8 Å². The van der Waals surface area contributed by atoms with Crippen molar-refractivity contribution in [3.63, 3.8) is 0 Å². The highest BCUT2D eigenvalue weighted by atomic mass is 16.7. The molecule has 2 rings (SSSR count). The maximum Gasteiger partial charge on any atom is 0.308 e. The van der Waals surface area contributed by atoms with Gasteiger partial charge in [-0.25, -0.2) is 0 Å². The van der Waals surface area contributed by atoms with Crippen molar-refractivity contribution >= 4 is 11.8 Å². The third kappa shape index (κ3) is 9.19. The van der Waals surface area contributed by atoms with Crippen LogP contribution in [-0.4, -0.2) is 37.4 Å². The molecule has 0 unspecified atom stereocenters. The molecule has 5 heteroatoms. The zero-order valence-electron chi connectivity index (χ0n) is 20.5. The number of rotatable bonds is 16. The SMILES string of the molecule is CCCCCCCC1(CC[C@H]2C=CC(=O)[C@@H]2C/C=C\CCCOC(=O)C(C)C)OCCO1. The number of allylic oxidation sites excluding steroid dienone is 4. The lowest BCUT2D eigenvalue weighted by Crippen LogP contribution is -2.31. The molecule has 0 aromatic heterocycles. The molecular weight excluding hydrogens is 404 g/mol.